The Morgan fingerprint density at radius 3 is 2.52 bits per heavy atom. The first kappa shape index (κ1) is 21.7. The van der Waals surface area contributed by atoms with E-state index in [-0.39, 0.29) is 5.91 Å². The number of ether oxygens (including phenoxy) is 2. The van der Waals surface area contributed by atoms with Crippen LogP contribution in [-0.4, -0.2) is 34.9 Å². The van der Waals surface area contributed by atoms with E-state index in [2.05, 4.69) is 0 Å². The number of hydrogen-bond donors (Lipinski definition) is 0. The van der Waals surface area contributed by atoms with Crippen LogP contribution in [0.5, 0.6) is 11.5 Å². The fourth-order valence-corrected chi connectivity index (χ4v) is 4.27. The summed E-state index contributed by atoms with van der Waals surface area (Å²) in [5.41, 5.74) is 1.90. The van der Waals surface area contributed by atoms with E-state index in [4.69, 9.17) is 33.3 Å². The van der Waals surface area contributed by atoms with E-state index >= 15 is 0 Å². The highest BCUT2D eigenvalue weighted by atomic mass is 35.5. The van der Waals surface area contributed by atoms with Crippen LogP contribution < -0.4 is 9.47 Å². The van der Waals surface area contributed by atoms with Gasteiger partial charge in [0.1, 0.15) is 15.8 Å². The molecule has 1 fully saturated rings. The number of thiocarbonyl (C=S) groups is 1. The largest absolute Gasteiger partial charge is 0.493 e. The van der Waals surface area contributed by atoms with Gasteiger partial charge in [0.2, 0.25) is 0 Å². The minimum absolute atomic E-state index is 0.0385. The van der Waals surface area contributed by atoms with Crippen LogP contribution >= 0.6 is 35.6 Å². The van der Waals surface area contributed by atoms with Crippen molar-refractivity contribution in [3.05, 3.63) is 63.5 Å². The summed E-state index contributed by atoms with van der Waals surface area (Å²) in [7, 11) is 0. The van der Waals surface area contributed by atoms with Crippen LogP contribution in [0.15, 0.2) is 47.4 Å². The van der Waals surface area contributed by atoms with Crippen LogP contribution in [0.3, 0.4) is 0 Å². The van der Waals surface area contributed by atoms with Crippen molar-refractivity contribution in [1.29, 1.82) is 0 Å². The van der Waals surface area contributed by atoms with E-state index in [9.17, 15) is 4.79 Å². The first-order valence-corrected chi connectivity index (χ1v) is 11.0. The highest BCUT2D eigenvalue weighted by molar-refractivity contribution is 8.26. The number of benzene rings is 2. The predicted octanol–water partition coefficient (Wildman–Crippen LogP) is 5.72. The number of thioether (sulfide) groups is 1. The molecule has 1 heterocycles. The lowest BCUT2D eigenvalue weighted by Gasteiger charge is -2.10. The summed E-state index contributed by atoms with van der Waals surface area (Å²) >= 11 is 12.6. The Balaban J connectivity index is 1.50. The molecule has 152 valence electrons. The normalized spacial score (nSPS) is 15.3. The molecular weight excluding hydrogens is 426 g/mol. The van der Waals surface area contributed by atoms with Crippen molar-refractivity contribution < 1.29 is 14.3 Å². The smallest absolute Gasteiger partial charge is 0.266 e. The SMILES string of the molecule is CCN1C(=O)/C(=C/c2cccc(OCCCOc3ccc(Cl)c(C)c3)c2)SC1=S. The second-order valence-corrected chi connectivity index (χ2v) is 8.54. The predicted molar refractivity (Wildman–Crippen MR) is 124 cm³/mol. The van der Waals surface area contributed by atoms with E-state index in [0.29, 0.717) is 29.0 Å². The van der Waals surface area contributed by atoms with Crippen molar-refractivity contribution in [2.45, 2.75) is 20.3 Å². The number of aryl methyl sites for hydroxylation is 1. The minimum atomic E-state index is -0.0385. The summed E-state index contributed by atoms with van der Waals surface area (Å²) in [6.45, 7) is 5.54. The maximum Gasteiger partial charge on any atom is 0.266 e. The number of amides is 1. The Kier molecular flexibility index (Phi) is 7.58. The lowest BCUT2D eigenvalue weighted by Crippen LogP contribution is -2.27. The standard InChI is InChI=1S/C22H22ClNO3S2/c1-3-24-21(25)20(29-22(24)28)14-16-6-4-7-17(13-16)26-10-5-11-27-18-8-9-19(23)15(2)12-18/h4,6-9,12-14H,3,5,10-11H2,1-2H3/b20-14-. The number of carbonyl (C=O) groups is 1. The number of rotatable bonds is 8. The topological polar surface area (TPSA) is 38.8 Å². The molecule has 0 unspecified atom stereocenters. The molecule has 0 atom stereocenters. The maximum absolute atomic E-state index is 12.3. The Bertz CT molecular complexity index is 945. The molecule has 1 amide bonds. The quantitative estimate of drug-likeness (QED) is 0.294. The monoisotopic (exact) mass is 447 g/mol. The van der Waals surface area contributed by atoms with Crippen LogP contribution in [-0.2, 0) is 4.79 Å². The Morgan fingerprint density at radius 1 is 1.14 bits per heavy atom. The first-order valence-electron chi connectivity index (χ1n) is 9.35. The number of carbonyl (C=O) groups excluding carboxylic acids is 1. The number of likely N-dealkylation sites (N-methyl/N-ethyl adjacent to an activating group) is 1. The minimum Gasteiger partial charge on any atom is -0.493 e. The van der Waals surface area contributed by atoms with Gasteiger partial charge in [0.25, 0.3) is 5.91 Å². The van der Waals surface area contributed by atoms with Gasteiger partial charge in [-0.2, -0.15) is 0 Å². The fraction of sp³-hybridized carbons (Fsp3) is 0.273. The molecule has 0 bridgehead atoms. The third kappa shape index (κ3) is 5.75. The average molecular weight is 448 g/mol. The third-order valence-corrected chi connectivity index (χ3v) is 6.10. The highest BCUT2D eigenvalue weighted by Crippen LogP contribution is 2.32. The molecular formula is C22H22ClNO3S2. The molecule has 0 aliphatic carbocycles. The molecule has 2 aromatic rings. The average Bonchev–Trinajstić information content (AvgIpc) is 2.97. The van der Waals surface area contributed by atoms with Gasteiger partial charge in [0, 0.05) is 18.0 Å². The Hall–Kier alpha value is -2.02. The van der Waals surface area contributed by atoms with Crippen molar-refractivity contribution in [3.8, 4) is 11.5 Å². The van der Waals surface area contributed by atoms with E-state index < -0.39 is 0 Å². The molecule has 2 aromatic carbocycles. The van der Waals surface area contributed by atoms with Crippen LogP contribution in [0, 0.1) is 6.92 Å². The first-order chi connectivity index (χ1) is 14.0. The lowest BCUT2D eigenvalue weighted by molar-refractivity contribution is -0.121. The molecule has 1 saturated heterocycles. The van der Waals surface area contributed by atoms with Gasteiger partial charge >= 0.3 is 0 Å². The molecule has 1 aliphatic rings. The summed E-state index contributed by atoms with van der Waals surface area (Å²) in [6.07, 6.45) is 2.61. The van der Waals surface area contributed by atoms with Crippen molar-refractivity contribution >= 4 is 51.9 Å². The van der Waals surface area contributed by atoms with Crippen LogP contribution in [0.2, 0.25) is 5.02 Å². The summed E-state index contributed by atoms with van der Waals surface area (Å²) in [4.78, 5) is 14.6. The van der Waals surface area contributed by atoms with Crippen molar-refractivity contribution in [2.24, 2.45) is 0 Å². The second-order valence-electron chi connectivity index (χ2n) is 6.46. The molecule has 0 spiro atoms. The molecule has 1 aliphatic heterocycles. The van der Waals surface area contributed by atoms with E-state index in [1.807, 2.05) is 62.4 Å². The molecule has 4 nitrogen and oxygen atoms in total. The zero-order valence-electron chi connectivity index (χ0n) is 16.3. The van der Waals surface area contributed by atoms with Gasteiger partial charge in [0.15, 0.2) is 0 Å². The number of halogens is 1. The Morgan fingerprint density at radius 2 is 1.86 bits per heavy atom. The van der Waals surface area contributed by atoms with Gasteiger partial charge in [-0.05, 0) is 61.4 Å². The molecule has 0 saturated carbocycles. The fourth-order valence-electron chi connectivity index (χ4n) is 2.76. The maximum atomic E-state index is 12.3. The van der Waals surface area contributed by atoms with Gasteiger partial charge in [-0.3, -0.25) is 9.69 Å². The number of nitrogens with zero attached hydrogens (tertiary/aromatic N) is 1. The second kappa shape index (κ2) is 10.1. The summed E-state index contributed by atoms with van der Waals surface area (Å²) in [5, 5.41) is 0.734. The summed E-state index contributed by atoms with van der Waals surface area (Å²) in [5.74, 6) is 1.52. The lowest BCUT2D eigenvalue weighted by atomic mass is 10.2. The third-order valence-electron chi connectivity index (χ3n) is 4.30. The van der Waals surface area contributed by atoms with Crippen molar-refractivity contribution in [3.63, 3.8) is 0 Å². The summed E-state index contributed by atoms with van der Waals surface area (Å²) < 4.78 is 12.2. The van der Waals surface area contributed by atoms with Gasteiger partial charge < -0.3 is 9.47 Å². The number of hydrogen-bond acceptors (Lipinski definition) is 5. The molecule has 29 heavy (non-hydrogen) atoms. The zero-order valence-corrected chi connectivity index (χ0v) is 18.7. The van der Waals surface area contributed by atoms with Crippen molar-refractivity contribution in [2.75, 3.05) is 19.8 Å². The van der Waals surface area contributed by atoms with Crippen LogP contribution in [0.4, 0.5) is 0 Å². The van der Waals surface area contributed by atoms with E-state index in [1.54, 1.807) is 4.90 Å². The van der Waals surface area contributed by atoms with Gasteiger partial charge in [-0.15, -0.1) is 0 Å². The van der Waals surface area contributed by atoms with Crippen LogP contribution in [0.25, 0.3) is 6.08 Å². The summed E-state index contributed by atoms with van der Waals surface area (Å²) in [6, 6.07) is 13.3. The van der Waals surface area contributed by atoms with Gasteiger partial charge in [-0.25, -0.2) is 0 Å². The molecule has 7 heteroatoms. The highest BCUT2D eigenvalue weighted by Gasteiger charge is 2.30. The molecule has 3 rings (SSSR count). The van der Waals surface area contributed by atoms with Crippen molar-refractivity contribution in [1.82, 2.24) is 4.90 Å². The Labute approximate surface area is 185 Å². The molecule has 0 N–H and O–H groups in total. The van der Waals surface area contributed by atoms with Crippen LogP contribution in [0.1, 0.15) is 24.5 Å². The van der Waals surface area contributed by atoms with Gasteiger partial charge in [0.05, 0.1) is 18.1 Å². The van der Waals surface area contributed by atoms with Gasteiger partial charge in [-0.1, -0.05) is 47.7 Å². The zero-order chi connectivity index (χ0) is 20.8. The van der Waals surface area contributed by atoms with E-state index in [0.717, 1.165) is 34.1 Å². The molecule has 0 aromatic heterocycles. The van der Waals surface area contributed by atoms with E-state index in [1.165, 1.54) is 11.8 Å². The molecule has 0 radical (unpaired) electrons.